The van der Waals surface area contributed by atoms with Crippen molar-refractivity contribution < 1.29 is 13.2 Å². The number of rotatable bonds is 3. The lowest BCUT2D eigenvalue weighted by molar-refractivity contribution is 0.315. The minimum atomic E-state index is -3.81. The van der Waals surface area contributed by atoms with Crippen LogP contribution in [0, 0.1) is 0 Å². The molecule has 0 atom stereocenters. The van der Waals surface area contributed by atoms with Gasteiger partial charge in [-0.2, -0.15) is 0 Å². The van der Waals surface area contributed by atoms with Gasteiger partial charge in [0.25, 0.3) is 10.0 Å². The molecular formula is C18H19Cl2N3O3S. The van der Waals surface area contributed by atoms with Crippen LogP contribution in [0.3, 0.4) is 0 Å². The minimum absolute atomic E-state index is 0.0698. The fourth-order valence-corrected chi connectivity index (χ4v) is 5.60. The summed E-state index contributed by atoms with van der Waals surface area (Å²) in [6.07, 6.45) is 0. The second kappa shape index (κ2) is 7.39. The number of para-hydroxylation sites is 1. The number of hydrogen-bond donors (Lipinski definition) is 1. The van der Waals surface area contributed by atoms with Crippen molar-refractivity contribution in [2.75, 3.05) is 48.5 Å². The molecule has 9 heteroatoms. The number of fused-ring (bicyclic) bond motifs is 1. The molecule has 2 heterocycles. The van der Waals surface area contributed by atoms with E-state index in [2.05, 4.69) is 10.2 Å². The highest BCUT2D eigenvalue weighted by Gasteiger charge is 2.32. The Balaban J connectivity index is 1.77. The molecule has 2 aliphatic heterocycles. The highest BCUT2D eigenvalue weighted by Crippen LogP contribution is 2.42. The molecule has 1 N–H and O–H groups in total. The lowest BCUT2D eigenvalue weighted by Gasteiger charge is -2.36. The number of sulfonamides is 1. The van der Waals surface area contributed by atoms with E-state index < -0.39 is 10.0 Å². The third-order valence-corrected chi connectivity index (χ3v) is 6.89. The SMILES string of the molecule is O=S(=O)(c1cc(Cl)cc(Cl)c1)N1CCOc2c(N3CCNCC3)cccc21. The zero-order chi connectivity index (χ0) is 19.0. The van der Waals surface area contributed by atoms with Crippen LogP contribution >= 0.6 is 23.2 Å². The number of ether oxygens (including phenoxy) is 1. The van der Waals surface area contributed by atoms with E-state index in [1.54, 1.807) is 6.07 Å². The Bertz CT molecular complexity index is 942. The number of nitrogens with one attached hydrogen (secondary N) is 1. The molecule has 0 aliphatic carbocycles. The Morgan fingerprint density at radius 2 is 1.63 bits per heavy atom. The summed E-state index contributed by atoms with van der Waals surface area (Å²) in [7, 11) is -3.81. The van der Waals surface area contributed by atoms with Crippen molar-refractivity contribution in [1.82, 2.24) is 5.32 Å². The molecule has 0 spiro atoms. The maximum absolute atomic E-state index is 13.3. The van der Waals surface area contributed by atoms with E-state index in [9.17, 15) is 8.42 Å². The van der Waals surface area contributed by atoms with Crippen LogP contribution in [0.4, 0.5) is 11.4 Å². The van der Waals surface area contributed by atoms with Crippen LogP contribution in [-0.2, 0) is 10.0 Å². The lowest BCUT2D eigenvalue weighted by Crippen LogP contribution is -2.44. The normalized spacial score (nSPS) is 17.4. The first kappa shape index (κ1) is 18.7. The van der Waals surface area contributed by atoms with E-state index in [1.165, 1.54) is 22.5 Å². The molecule has 6 nitrogen and oxygen atoms in total. The third-order valence-electron chi connectivity index (χ3n) is 4.66. The first-order chi connectivity index (χ1) is 13.0. The first-order valence-electron chi connectivity index (χ1n) is 8.67. The topological polar surface area (TPSA) is 61.9 Å². The first-order valence-corrected chi connectivity index (χ1v) is 10.9. The van der Waals surface area contributed by atoms with E-state index in [0.717, 1.165) is 31.9 Å². The van der Waals surface area contributed by atoms with Gasteiger partial charge in [-0.1, -0.05) is 29.3 Å². The molecule has 1 saturated heterocycles. The van der Waals surface area contributed by atoms with Crippen molar-refractivity contribution in [3.05, 3.63) is 46.4 Å². The van der Waals surface area contributed by atoms with Gasteiger partial charge in [0.1, 0.15) is 6.61 Å². The Morgan fingerprint density at radius 1 is 0.963 bits per heavy atom. The summed E-state index contributed by atoms with van der Waals surface area (Å²) >= 11 is 12.0. The Labute approximate surface area is 168 Å². The van der Waals surface area contributed by atoms with Gasteiger partial charge in [0.15, 0.2) is 5.75 Å². The second-order valence-corrected chi connectivity index (χ2v) is 9.13. The molecule has 0 unspecified atom stereocenters. The molecule has 27 heavy (non-hydrogen) atoms. The molecule has 0 radical (unpaired) electrons. The summed E-state index contributed by atoms with van der Waals surface area (Å²) in [5.41, 5.74) is 1.45. The predicted octanol–water partition coefficient (Wildman–Crippen LogP) is 2.99. The molecule has 2 aromatic carbocycles. The van der Waals surface area contributed by atoms with Crippen LogP contribution in [0.2, 0.25) is 10.0 Å². The van der Waals surface area contributed by atoms with E-state index in [4.69, 9.17) is 27.9 Å². The largest absolute Gasteiger partial charge is 0.487 e. The van der Waals surface area contributed by atoms with E-state index in [0.29, 0.717) is 11.4 Å². The van der Waals surface area contributed by atoms with Gasteiger partial charge in [0.05, 0.1) is 22.8 Å². The highest BCUT2D eigenvalue weighted by atomic mass is 35.5. The zero-order valence-corrected chi connectivity index (χ0v) is 16.8. The van der Waals surface area contributed by atoms with Crippen LogP contribution in [0.1, 0.15) is 0 Å². The molecule has 0 saturated carbocycles. The zero-order valence-electron chi connectivity index (χ0n) is 14.5. The highest BCUT2D eigenvalue weighted by molar-refractivity contribution is 7.92. The van der Waals surface area contributed by atoms with Gasteiger partial charge >= 0.3 is 0 Å². The van der Waals surface area contributed by atoms with Crippen molar-refractivity contribution in [3.63, 3.8) is 0 Å². The number of piperazine rings is 1. The third kappa shape index (κ3) is 3.57. The summed E-state index contributed by atoms with van der Waals surface area (Å²) in [6.45, 7) is 3.96. The molecule has 144 valence electrons. The lowest BCUT2D eigenvalue weighted by atomic mass is 10.2. The fraction of sp³-hybridized carbons (Fsp3) is 0.333. The van der Waals surface area contributed by atoms with Gasteiger partial charge in [-0.25, -0.2) is 8.42 Å². The van der Waals surface area contributed by atoms with Gasteiger partial charge in [0.2, 0.25) is 0 Å². The van der Waals surface area contributed by atoms with Gasteiger partial charge in [-0.05, 0) is 30.3 Å². The van der Waals surface area contributed by atoms with E-state index in [1.807, 2.05) is 12.1 Å². The van der Waals surface area contributed by atoms with Crippen LogP contribution in [0.5, 0.6) is 5.75 Å². The van der Waals surface area contributed by atoms with Gasteiger partial charge < -0.3 is 15.0 Å². The van der Waals surface area contributed by atoms with Crippen LogP contribution in [-0.4, -0.2) is 47.7 Å². The number of halogens is 2. The average Bonchev–Trinajstić information content (AvgIpc) is 2.67. The molecule has 2 aromatic rings. The summed E-state index contributed by atoms with van der Waals surface area (Å²) in [5.74, 6) is 0.599. The number of anilines is 2. The van der Waals surface area contributed by atoms with Gasteiger partial charge in [0, 0.05) is 36.2 Å². The van der Waals surface area contributed by atoms with Crippen molar-refractivity contribution >= 4 is 44.6 Å². The maximum atomic E-state index is 13.3. The quantitative estimate of drug-likeness (QED) is 0.815. The van der Waals surface area contributed by atoms with Crippen LogP contribution < -0.4 is 19.3 Å². The fourth-order valence-electron chi connectivity index (χ4n) is 3.42. The molecule has 0 bridgehead atoms. The molecular weight excluding hydrogens is 409 g/mol. The van der Waals surface area contributed by atoms with Crippen molar-refractivity contribution in [2.24, 2.45) is 0 Å². The molecule has 0 amide bonds. The second-order valence-electron chi connectivity index (χ2n) is 6.39. The van der Waals surface area contributed by atoms with Crippen LogP contribution in [0.15, 0.2) is 41.3 Å². The molecule has 1 fully saturated rings. The summed E-state index contributed by atoms with van der Waals surface area (Å²) in [4.78, 5) is 2.28. The number of nitrogens with zero attached hydrogens (tertiary/aromatic N) is 2. The predicted molar refractivity (Wildman–Crippen MR) is 108 cm³/mol. The van der Waals surface area contributed by atoms with Crippen molar-refractivity contribution in [2.45, 2.75) is 4.90 Å². The summed E-state index contributed by atoms with van der Waals surface area (Å²) in [5, 5.41) is 3.88. The van der Waals surface area contributed by atoms with Gasteiger partial charge in [-0.15, -0.1) is 0 Å². The van der Waals surface area contributed by atoms with Crippen molar-refractivity contribution in [1.29, 1.82) is 0 Å². The Kier molecular flexibility index (Phi) is 5.11. The number of hydrogen-bond acceptors (Lipinski definition) is 5. The Morgan fingerprint density at radius 3 is 2.33 bits per heavy atom. The smallest absolute Gasteiger partial charge is 0.264 e. The molecule has 2 aliphatic rings. The maximum Gasteiger partial charge on any atom is 0.264 e. The van der Waals surface area contributed by atoms with Crippen LogP contribution in [0.25, 0.3) is 0 Å². The average molecular weight is 428 g/mol. The van der Waals surface area contributed by atoms with Crippen molar-refractivity contribution in [3.8, 4) is 5.75 Å². The molecule has 4 rings (SSSR count). The summed E-state index contributed by atoms with van der Waals surface area (Å²) in [6, 6.07) is 9.94. The minimum Gasteiger partial charge on any atom is -0.487 e. The van der Waals surface area contributed by atoms with E-state index in [-0.39, 0.29) is 28.1 Å². The molecule has 0 aromatic heterocycles. The van der Waals surface area contributed by atoms with Gasteiger partial charge in [-0.3, -0.25) is 4.31 Å². The Hall–Kier alpha value is -1.67. The monoisotopic (exact) mass is 427 g/mol. The van der Waals surface area contributed by atoms with E-state index >= 15 is 0 Å². The standard InChI is InChI=1S/C18H19Cl2N3O3S/c19-13-10-14(20)12-15(11-13)27(24,25)23-8-9-26-18-16(2-1-3-17(18)23)22-6-4-21-5-7-22/h1-3,10-12,21H,4-9H2. The summed E-state index contributed by atoms with van der Waals surface area (Å²) < 4.78 is 33.8. The number of benzene rings is 2.